The summed E-state index contributed by atoms with van der Waals surface area (Å²) >= 11 is 2.23. The molecule has 2 aromatic carbocycles. The van der Waals surface area contributed by atoms with Crippen molar-refractivity contribution in [3.8, 4) is 0 Å². The van der Waals surface area contributed by atoms with Gasteiger partial charge in [0.05, 0.1) is 0 Å². The highest BCUT2D eigenvalue weighted by Gasteiger charge is 2.03. The predicted molar refractivity (Wildman–Crippen MR) is 87.0 cm³/mol. The third kappa shape index (κ3) is 4.55. The molecule has 0 aliphatic heterocycles. The van der Waals surface area contributed by atoms with Gasteiger partial charge in [0, 0.05) is 21.4 Å². The number of nitrogens with two attached hydrogens (primary N) is 1. The first-order chi connectivity index (χ1) is 9.13. The standard InChI is InChI=1S/C15H15IN2O/c16-12-5-7-14(8-6-12)18-15(19)9-4-11-2-1-3-13(17)10-11/h1-3,5-8,10H,4,9,17H2,(H,18,19). The SMILES string of the molecule is Nc1cccc(CCC(=O)Nc2ccc(I)cc2)c1. The number of rotatable bonds is 4. The van der Waals surface area contributed by atoms with E-state index in [1.54, 1.807) is 0 Å². The van der Waals surface area contributed by atoms with Gasteiger partial charge < -0.3 is 11.1 Å². The summed E-state index contributed by atoms with van der Waals surface area (Å²) in [6.07, 6.45) is 1.15. The minimum Gasteiger partial charge on any atom is -0.399 e. The zero-order valence-electron chi connectivity index (χ0n) is 10.4. The summed E-state index contributed by atoms with van der Waals surface area (Å²) in [6.45, 7) is 0. The molecule has 0 fully saturated rings. The molecule has 0 saturated carbocycles. The molecule has 2 rings (SSSR count). The maximum Gasteiger partial charge on any atom is 0.224 e. The Balaban J connectivity index is 1.86. The maximum atomic E-state index is 11.8. The molecule has 1 amide bonds. The van der Waals surface area contributed by atoms with E-state index in [2.05, 4.69) is 27.9 Å². The molecule has 2 aromatic rings. The lowest BCUT2D eigenvalue weighted by atomic mass is 10.1. The average molecular weight is 366 g/mol. The van der Waals surface area contributed by atoms with Crippen molar-refractivity contribution in [3.63, 3.8) is 0 Å². The summed E-state index contributed by atoms with van der Waals surface area (Å²) in [6, 6.07) is 15.4. The van der Waals surface area contributed by atoms with Crippen LogP contribution in [0.3, 0.4) is 0 Å². The number of hydrogen-bond acceptors (Lipinski definition) is 2. The summed E-state index contributed by atoms with van der Waals surface area (Å²) in [5.41, 5.74) is 8.35. The van der Waals surface area contributed by atoms with Crippen LogP contribution in [0.4, 0.5) is 11.4 Å². The Morgan fingerprint density at radius 1 is 1.16 bits per heavy atom. The number of carbonyl (C=O) groups is 1. The Hall–Kier alpha value is -1.56. The molecule has 0 spiro atoms. The summed E-state index contributed by atoms with van der Waals surface area (Å²) in [5, 5.41) is 2.88. The number of halogens is 1. The smallest absolute Gasteiger partial charge is 0.224 e. The lowest BCUT2D eigenvalue weighted by Crippen LogP contribution is -2.12. The number of nitrogen functional groups attached to an aromatic ring is 1. The molecule has 0 aliphatic carbocycles. The van der Waals surface area contributed by atoms with Gasteiger partial charge in [-0.05, 0) is 71.0 Å². The molecular formula is C15H15IN2O. The lowest BCUT2D eigenvalue weighted by molar-refractivity contribution is -0.116. The zero-order valence-corrected chi connectivity index (χ0v) is 12.6. The van der Waals surface area contributed by atoms with E-state index in [0.29, 0.717) is 12.8 Å². The van der Waals surface area contributed by atoms with Crippen LogP contribution in [0.5, 0.6) is 0 Å². The van der Waals surface area contributed by atoms with Gasteiger partial charge in [-0.25, -0.2) is 0 Å². The van der Waals surface area contributed by atoms with E-state index < -0.39 is 0 Å². The van der Waals surface area contributed by atoms with Crippen LogP contribution in [0.2, 0.25) is 0 Å². The van der Waals surface area contributed by atoms with Crippen molar-refractivity contribution >= 4 is 39.9 Å². The normalized spacial score (nSPS) is 10.2. The summed E-state index contributed by atoms with van der Waals surface area (Å²) in [7, 11) is 0. The van der Waals surface area contributed by atoms with Crippen LogP contribution < -0.4 is 11.1 Å². The molecule has 3 N–H and O–H groups in total. The molecule has 0 aromatic heterocycles. The van der Waals surface area contributed by atoms with Gasteiger partial charge in [-0.3, -0.25) is 4.79 Å². The maximum absolute atomic E-state index is 11.8. The Morgan fingerprint density at radius 3 is 2.58 bits per heavy atom. The number of amides is 1. The summed E-state index contributed by atoms with van der Waals surface area (Å²) < 4.78 is 1.15. The summed E-state index contributed by atoms with van der Waals surface area (Å²) in [4.78, 5) is 11.8. The van der Waals surface area contributed by atoms with Crippen LogP contribution in [0.25, 0.3) is 0 Å². The Kier molecular flexibility index (Phi) is 4.79. The lowest BCUT2D eigenvalue weighted by Gasteiger charge is -2.06. The highest BCUT2D eigenvalue weighted by molar-refractivity contribution is 14.1. The molecule has 0 heterocycles. The highest BCUT2D eigenvalue weighted by Crippen LogP contribution is 2.13. The topological polar surface area (TPSA) is 55.1 Å². The fraction of sp³-hybridized carbons (Fsp3) is 0.133. The van der Waals surface area contributed by atoms with Gasteiger partial charge in [-0.2, -0.15) is 0 Å². The van der Waals surface area contributed by atoms with Gasteiger partial charge in [0.1, 0.15) is 0 Å². The second-order valence-corrected chi connectivity index (χ2v) is 5.55. The summed E-state index contributed by atoms with van der Waals surface area (Å²) in [5.74, 6) is 0.0173. The van der Waals surface area contributed by atoms with Gasteiger partial charge in [-0.15, -0.1) is 0 Å². The van der Waals surface area contributed by atoms with Crippen LogP contribution in [-0.2, 0) is 11.2 Å². The zero-order chi connectivity index (χ0) is 13.7. The first-order valence-corrected chi connectivity index (χ1v) is 7.11. The van der Waals surface area contributed by atoms with E-state index in [4.69, 9.17) is 5.73 Å². The van der Waals surface area contributed by atoms with Crippen molar-refractivity contribution in [1.82, 2.24) is 0 Å². The van der Waals surface area contributed by atoms with Crippen molar-refractivity contribution in [2.75, 3.05) is 11.1 Å². The van der Waals surface area contributed by atoms with Crippen molar-refractivity contribution < 1.29 is 4.79 Å². The molecule has 98 valence electrons. The van der Waals surface area contributed by atoms with Crippen LogP contribution in [0.1, 0.15) is 12.0 Å². The molecule has 0 bridgehead atoms. The van der Waals surface area contributed by atoms with Crippen molar-refractivity contribution in [3.05, 3.63) is 57.7 Å². The molecule has 0 atom stereocenters. The van der Waals surface area contributed by atoms with E-state index in [-0.39, 0.29) is 5.91 Å². The second kappa shape index (κ2) is 6.56. The number of aryl methyl sites for hydroxylation is 1. The molecule has 0 unspecified atom stereocenters. The van der Waals surface area contributed by atoms with E-state index in [1.807, 2.05) is 48.5 Å². The van der Waals surface area contributed by atoms with E-state index >= 15 is 0 Å². The molecule has 4 heteroatoms. The van der Waals surface area contributed by atoms with E-state index in [1.165, 1.54) is 0 Å². The second-order valence-electron chi connectivity index (χ2n) is 4.30. The van der Waals surface area contributed by atoms with Gasteiger partial charge in [0.25, 0.3) is 0 Å². The van der Waals surface area contributed by atoms with Crippen LogP contribution in [-0.4, -0.2) is 5.91 Å². The van der Waals surface area contributed by atoms with Crippen molar-refractivity contribution in [2.45, 2.75) is 12.8 Å². The largest absolute Gasteiger partial charge is 0.399 e. The number of carbonyl (C=O) groups excluding carboxylic acids is 1. The third-order valence-electron chi connectivity index (χ3n) is 2.72. The monoisotopic (exact) mass is 366 g/mol. The van der Waals surface area contributed by atoms with Gasteiger partial charge in [-0.1, -0.05) is 12.1 Å². The third-order valence-corrected chi connectivity index (χ3v) is 3.44. The minimum atomic E-state index is 0.0173. The molecular weight excluding hydrogens is 351 g/mol. The Morgan fingerprint density at radius 2 is 1.89 bits per heavy atom. The predicted octanol–water partition coefficient (Wildman–Crippen LogP) is 3.44. The fourth-order valence-electron chi connectivity index (χ4n) is 1.76. The van der Waals surface area contributed by atoms with Crippen LogP contribution in [0.15, 0.2) is 48.5 Å². The minimum absolute atomic E-state index is 0.0173. The first kappa shape index (κ1) is 13.9. The van der Waals surface area contributed by atoms with E-state index in [9.17, 15) is 4.79 Å². The number of benzene rings is 2. The number of anilines is 2. The van der Waals surface area contributed by atoms with Crippen molar-refractivity contribution in [1.29, 1.82) is 0 Å². The molecule has 3 nitrogen and oxygen atoms in total. The molecule has 0 saturated heterocycles. The molecule has 0 radical (unpaired) electrons. The van der Waals surface area contributed by atoms with Gasteiger partial charge in [0.2, 0.25) is 5.91 Å². The number of nitrogens with one attached hydrogen (secondary N) is 1. The van der Waals surface area contributed by atoms with E-state index in [0.717, 1.165) is 20.5 Å². The van der Waals surface area contributed by atoms with Gasteiger partial charge in [0.15, 0.2) is 0 Å². The molecule has 19 heavy (non-hydrogen) atoms. The quantitative estimate of drug-likeness (QED) is 0.643. The fourth-order valence-corrected chi connectivity index (χ4v) is 2.12. The van der Waals surface area contributed by atoms with Crippen molar-refractivity contribution in [2.24, 2.45) is 0 Å². The molecule has 0 aliphatic rings. The Bertz CT molecular complexity index is 567. The average Bonchev–Trinajstić information content (AvgIpc) is 2.39. The van der Waals surface area contributed by atoms with Crippen LogP contribution >= 0.6 is 22.6 Å². The first-order valence-electron chi connectivity index (χ1n) is 6.03. The van der Waals surface area contributed by atoms with Crippen LogP contribution in [0, 0.1) is 3.57 Å². The Labute approximate surface area is 126 Å². The number of hydrogen-bond donors (Lipinski definition) is 2. The highest BCUT2D eigenvalue weighted by atomic mass is 127. The van der Waals surface area contributed by atoms with Gasteiger partial charge >= 0.3 is 0 Å².